The number of anilines is 9. The second kappa shape index (κ2) is 35.8. The average Bonchev–Trinajstić information content (AvgIpc) is 1.65. The van der Waals surface area contributed by atoms with Gasteiger partial charge in [-0.25, -0.2) is 23.6 Å². The molecule has 0 radical (unpaired) electrons. The first-order chi connectivity index (χ1) is 57.2. The molecule has 0 fully saturated rings. The summed E-state index contributed by atoms with van der Waals surface area (Å²) < 4.78 is 28.4. The Morgan fingerprint density at radius 3 is 0.899 bits per heavy atom. The summed E-state index contributed by atoms with van der Waals surface area (Å²) in [5, 5.41) is 14.2. The van der Waals surface area contributed by atoms with Crippen LogP contribution in [0.15, 0.2) is 291 Å². The van der Waals surface area contributed by atoms with Gasteiger partial charge >= 0.3 is 22.8 Å². The van der Waals surface area contributed by atoms with Gasteiger partial charge in [-0.05, 0) is 162 Å². The van der Waals surface area contributed by atoms with E-state index in [1.54, 1.807) is 189 Å². The minimum absolute atomic E-state index is 0.0690. The number of carbonyl (C=O) groups excluding carboxylic acids is 5. The standard InChI is InChI=1S/C24H23N5O3.C22H19BrN4O2.C22H19ClN4O2.C22H19FN4O2/c1-15(30)26-20-13-16(23(31)27-19-8-4-3-7-18(19)25)11-12-17(20)14-29-22-10-6-5-9-21(22)28(2)24(29)32;3*1-26-19-8-4-5-9-20(19)27(22(26)29)13-15-11-10-14(12-16(15)23)21(28)25-18-7-3-2-6-17(18)24/h3-13H,14,25H2,1-2H3,(H,26,30)(H,27,31);3*2-12H,13,24H2,1H3,(H,25,28). The Labute approximate surface area is 692 Å². The van der Waals surface area contributed by atoms with E-state index in [0.29, 0.717) is 97.1 Å². The molecule has 29 heteroatoms. The van der Waals surface area contributed by atoms with E-state index in [0.717, 1.165) is 59.7 Å². The van der Waals surface area contributed by atoms with E-state index in [2.05, 4.69) is 42.5 Å². The van der Waals surface area contributed by atoms with Gasteiger partial charge in [0.2, 0.25) is 5.91 Å². The van der Waals surface area contributed by atoms with Crippen molar-refractivity contribution in [2.75, 3.05) is 49.5 Å². The number of aromatic nitrogens is 8. The Kier molecular flexibility index (Phi) is 24.6. The van der Waals surface area contributed by atoms with Crippen molar-refractivity contribution in [1.82, 2.24) is 36.5 Å². The van der Waals surface area contributed by atoms with Crippen LogP contribution in [0, 0.1) is 5.82 Å². The maximum atomic E-state index is 14.7. The van der Waals surface area contributed by atoms with Gasteiger partial charge in [0, 0.05) is 78.1 Å². The number of nitrogens with zero attached hydrogens (tertiary/aromatic N) is 8. The lowest BCUT2D eigenvalue weighted by molar-refractivity contribution is -0.114. The van der Waals surface area contributed by atoms with E-state index in [1.165, 1.54) is 34.3 Å². The predicted octanol–water partition coefficient (Wildman–Crippen LogP) is 14.4. The van der Waals surface area contributed by atoms with Gasteiger partial charge in [0.05, 0.1) is 116 Å². The number of nitrogens with two attached hydrogens (primary N) is 4. The SMILES string of the molecule is CC(=O)Nc1cc(C(=O)Nc2ccccc2N)ccc1Cn1c(=O)n(C)c2ccccc21.Cn1c(=O)n(Cc2ccc(C(=O)Nc3ccccc3N)cc2Br)c2ccccc21.Cn1c(=O)n(Cc2ccc(C(=O)Nc3ccccc3N)cc2Cl)c2ccccc21.Cn1c(=O)n(Cc2ccc(C(=O)Nc3ccccc3N)cc2F)c2ccccc21. The summed E-state index contributed by atoms with van der Waals surface area (Å²) in [5.41, 5.74) is 37.9. The summed E-state index contributed by atoms with van der Waals surface area (Å²) in [6, 6.07) is 77.7. The monoisotopic (exact) mass is 1680 g/mol. The lowest BCUT2D eigenvalue weighted by Crippen LogP contribution is -2.23. The highest BCUT2D eigenvalue weighted by Crippen LogP contribution is 2.29. The van der Waals surface area contributed by atoms with Crippen LogP contribution in [0.3, 0.4) is 0 Å². The molecule has 16 rings (SSSR count). The number of hydrogen-bond donors (Lipinski definition) is 9. The molecule has 0 spiro atoms. The van der Waals surface area contributed by atoms with Crippen LogP contribution in [0.2, 0.25) is 5.02 Å². The molecule has 0 saturated heterocycles. The molecule has 0 saturated carbocycles. The van der Waals surface area contributed by atoms with Gasteiger partial charge in [0.1, 0.15) is 5.82 Å². The molecule has 600 valence electrons. The highest BCUT2D eigenvalue weighted by atomic mass is 79.9. The van der Waals surface area contributed by atoms with Gasteiger partial charge in [-0.1, -0.05) is 149 Å². The van der Waals surface area contributed by atoms with Crippen molar-refractivity contribution in [1.29, 1.82) is 0 Å². The smallest absolute Gasteiger partial charge is 0.329 e. The number of nitrogens with one attached hydrogen (secondary N) is 5. The zero-order chi connectivity index (χ0) is 84.5. The Bertz CT molecular complexity index is 6430. The molecular weight excluding hydrogens is 1600 g/mol. The first kappa shape index (κ1) is 82.0. The van der Waals surface area contributed by atoms with E-state index < -0.39 is 11.7 Å². The summed E-state index contributed by atoms with van der Waals surface area (Å²) in [6.07, 6.45) is 0. The highest BCUT2D eigenvalue weighted by Gasteiger charge is 2.22. The van der Waals surface area contributed by atoms with Crippen molar-refractivity contribution in [3.05, 3.63) is 369 Å². The molecule has 4 aromatic heterocycles. The molecule has 4 heterocycles. The van der Waals surface area contributed by atoms with Crippen LogP contribution in [0.4, 0.5) is 55.6 Å². The van der Waals surface area contributed by atoms with Gasteiger partial charge in [-0.3, -0.25) is 60.5 Å². The minimum atomic E-state index is -0.557. The number of para-hydroxylation sites is 16. The van der Waals surface area contributed by atoms with Crippen molar-refractivity contribution in [3.8, 4) is 0 Å². The quantitative estimate of drug-likeness (QED) is 0.0383. The minimum Gasteiger partial charge on any atom is -0.397 e. The fourth-order valence-electron chi connectivity index (χ4n) is 13.6. The molecular formula is C90H80BrClFN17O9. The molecule has 0 atom stereocenters. The number of carbonyl (C=O) groups is 5. The number of nitrogen functional groups attached to an aromatic ring is 4. The number of fused-ring (bicyclic) bond motifs is 4. The van der Waals surface area contributed by atoms with Crippen LogP contribution >= 0.6 is 27.5 Å². The van der Waals surface area contributed by atoms with Gasteiger partial charge in [-0.15, -0.1) is 0 Å². The molecule has 0 unspecified atom stereocenters. The molecule has 12 aromatic carbocycles. The zero-order valence-corrected chi connectivity index (χ0v) is 67.3. The number of benzene rings is 12. The lowest BCUT2D eigenvalue weighted by Gasteiger charge is -2.14. The Morgan fingerprint density at radius 1 is 0.319 bits per heavy atom. The van der Waals surface area contributed by atoms with Crippen LogP contribution in [0.5, 0.6) is 0 Å². The van der Waals surface area contributed by atoms with Gasteiger partial charge in [-0.2, -0.15) is 0 Å². The molecule has 0 bridgehead atoms. The molecule has 16 aromatic rings. The Hall–Kier alpha value is -15.0. The first-order valence-corrected chi connectivity index (χ1v) is 38.3. The number of hydrogen-bond acceptors (Lipinski definition) is 13. The van der Waals surface area contributed by atoms with Gasteiger partial charge < -0.3 is 49.5 Å². The topological polar surface area (TPSA) is 357 Å². The summed E-state index contributed by atoms with van der Waals surface area (Å²) in [4.78, 5) is 113. The maximum absolute atomic E-state index is 14.7. The van der Waals surface area contributed by atoms with Crippen molar-refractivity contribution in [2.24, 2.45) is 28.2 Å². The Morgan fingerprint density at radius 2 is 0.580 bits per heavy atom. The van der Waals surface area contributed by atoms with Crippen LogP contribution in [-0.2, 0) is 59.2 Å². The summed E-state index contributed by atoms with van der Waals surface area (Å²) >= 11 is 9.98. The second-order valence-electron chi connectivity index (χ2n) is 27.8. The molecule has 0 aliphatic carbocycles. The van der Waals surface area contributed by atoms with Crippen molar-refractivity contribution < 1.29 is 28.4 Å². The van der Waals surface area contributed by atoms with Crippen molar-refractivity contribution >= 4 is 152 Å². The number of rotatable bonds is 17. The molecule has 5 amide bonds. The summed E-state index contributed by atoms with van der Waals surface area (Å²) in [7, 11) is 6.91. The van der Waals surface area contributed by atoms with E-state index in [4.69, 9.17) is 34.5 Å². The third kappa shape index (κ3) is 18.1. The number of amides is 5. The van der Waals surface area contributed by atoms with Gasteiger partial charge in [0.15, 0.2) is 0 Å². The normalized spacial score (nSPS) is 10.9. The third-order valence-corrected chi connectivity index (χ3v) is 21.1. The van der Waals surface area contributed by atoms with Crippen LogP contribution in [0.25, 0.3) is 44.1 Å². The molecule has 13 N–H and O–H groups in total. The third-order valence-electron chi connectivity index (χ3n) is 20.0. The zero-order valence-electron chi connectivity index (χ0n) is 64.9. The molecule has 119 heavy (non-hydrogen) atoms. The number of halogens is 3. The molecule has 0 aliphatic rings. The summed E-state index contributed by atoms with van der Waals surface area (Å²) in [6.45, 7) is 2.41. The van der Waals surface area contributed by atoms with E-state index >= 15 is 0 Å². The van der Waals surface area contributed by atoms with E-state index in [9.17, 15) is 47.5 Å². The fourth-order valence-corrected chi connectivity index (χ4v) is 14.3. The fraction of sp³-hybridized carbons (Fsp3) is 0.100. The van der Waals surface area contributed by atoms with E-state index in [-0.39, 0.29) is 65.0 Å². The maximum Gasteiger partial charge on any atom is 0.329 e. The molecule has 26 nitrogen and oxygen atoms in total. The van der Waals surface area contributed by atoms with Crippen LogP contribution in [0.1, 0.15) is 70.6 Å². The highest BCUT2D eigenvalue weighted by molar-refractivity contribution is 9.10. The predicted molar refractivity (Wildman–Crippen MR) is 473 cm³/mol. The summed E-state index contributed by atoms with van der Waals surface area (Å²) in [5.74, 6) is -2.21. The number of aryl methyl sites for hydroxylation is 4. The van der Waals surface area contributed by atoms with E-state index in [1.807, 2.05) is 115 Å². The van der Waals surface area contributed by atoms with Crippen molar-refractivity contribution in [3.63, 3.8) is 0 Å². The van der Waals surface area contributed by atoms with Gasteiger partial charge in [0.25, 0.3) is 23.6 Å². The average molecular weight is 1680 g/mol. The number of imidazole rings is 4. The largest absolute Gasteiger partial charge is 0.397 e. The van der Waals surface area contributed by atoms with Crippen molar-refractivity contribution in [2.45, 2.75) is 33.1 Å². The second-order valence-corrected chi connectivity index (χ2v) is 29.1. The van der Waals surface area contributed by atoms with Crippen LogP contribution < -0.4 is 72.3 Å². The first-order valence-electron chi connectivity index (χ1n) is 37.2. The Balaban J connectivity index is 0.000000137. The molecule has 0 aliphatic heterocycles. The lowest BCUT2D eigenvalue weighted by atomic mass is 10.1. The van der Waals surface area contributed by atoms with Crippen LogP contribution in [-0.4, -0.2) is 66.1 Å².